The van der Waals surface area contributed by atoms with E-state index in [4.69, 9.17) is 11.6 Å². The lowest BCUT2D eigenvalue weighted by Gasteiger charge is -2.18. The molecule has 2 aliphatic rings. The molecule has 1 aliphatic carbocycles. The molecule has 2 amide bonds. The number of nitrogens with zero attached hydrogens (tertiary/aromatic N) is 2. The predicted molar refractivity (Wildman–Crippen MR) is 143 cm³/mol. The minimum atomic E-state index is -4.91. The van der Waals surface area contributed by atoms with Crippen molar-refractivity contribution in [1.29, 1.82) is 0 Å². The molecule has 2 heterocycles. The van der Waals surface area contributed by atoms with Crippen LogP contribution < -0.4 is 10.6 Å². The van der Waals surface area contributed by atoms with Gasteiger partial charge in [0, 0.05) is 46.3 Å². The molecule has 0 spiro atoms. The summed E-state index contributed by atoms with van der Waals surface area (Å²) in [6.45, 7) is 0. The minimum Gasteiger partial charge on any atom is -0.341 e. The van der Waals surface area contributed by atoms with Gasteiger partial charge in [0.25, 0.3) is 11.8 Å². The van der Waals surface area contributed by atoms with Gasteiger partial charge in [-0.2, -0.15) is 18.3 Å². The Labute approximate surface area is 238 Å². The number of allylic oxidation sites excluding steroid dienone is 2. The second-order valence-corrected chi connectivity index (χ2v) is 10.4. The van der Waals surface area contributed by atoms with E-state index in [1.807, 2.05) is 0 Å². The highest BCUT2D eigenvalue weighted by atomic mass is 35.5. The summed E-state index contributed by atoms with van der Waals surface area (Å²) in [6.07, 6.45) is -2.77. The average Bonchev–Trinajstić information content (AvgIpc) is 3.58. The highest BCUT2D eigenvalue weighted by Crippen LogP contribution is 2.44. The molecule has 0 saturated carbocycles. The van der Waals surface area contributed by atoms with E-state index in [0.29, 0.717) is 35.2 Å². The van der Waals surface area contributed by atoms with Gasteiger partial charge in [0.2, 0.25) is 0 Å². The first-order valence-corrected chi connectivity index (χ1v) is 12.9. The number of aryl methyl sites for hydroxylation is 1. The zero-order valence-corrected chi connectivity index (χ0v) is 22.3. The summed E-state index contributed by atoms with van der Waals surface area (Å²) in [5, 5.41) is 10.2. The van der Waals surface area contributed by atoms with Crippen molar-refractivity contribution in [2.24, 2.45) is 7.05 Å². The lowest BCUT2D eigenvalue weighted by molar-refractivity contribution is -0.137. The number of carbonyl (C=O) groups excluding carboxylic acids is 3. The van der Waals surface area contributed by atoms with Crippen molar-refractivity contribution < 1.29 is 36.3 Å². The molecule has 0 saturated heterocycles. The van der Waals surface area contributed by atoms with Gasteiger partial charge in [-0.15, -0.1) is 0 Å². The number of hydrogen-bond acceptors (Lipinski definition) is 4. The molecule has 1 aliphatic heterocycles. The van der Waals surface area contributed by atoms with E-state index in [9.17, 15) is 36.3 Å². The summed E-state index contributed by atoms with van der Waals surface area (Å²) in [7, 11) is 1.61. The fraction of sp³-hybridized carbons (Fsp3) is 0.172. The van der Waals surface area contributed by atoms with E-state index in [-0.39, 0.29) is 51.2 Å². The van der Waals surface area contributed by atoms with E-state index >= 15 is 0 Å². The lowest BCUT2D eigenvalue weighted by atomic mass is 9.93. The Morgan fingerprint density at radius 1 is 1.07 bits per heavy atom. The molecule has 1 unspecified atom stereocenters. The number of fused-ring (bicyclic) bond motifs is 3. The number of halogens is 6. The number of anilines is 1. The summed E-state index contributed by atoms with van der Waals surface area (Å²) in [5.41, 5.74) is -0.321. The fourth-order valence-electron chi connectivity index (χ4n) is 5.47. The normalized spacial score (nSPS) is 16.5. The van der Waals surface area contributed by atoms with Gasteiger partial charge in [0.1, 0.15) is 17.2 Å². The van der Waals surface area contributed by atoms with Crippen LogP contribution in [0.25, 0.3) is 16.5 Å². The van der Waals surface area contributed by atoms with Gasteiger partial charge in [0.05, 0.1) is 22.9 Å². The van der Waals surface area contributed by atoms with Gasteiger partial charge < -0.3 is 10.6 Å². The highest BCUT2D eigenvalue weighted by molar-refractivity contribution is 6.31. The van der Waals surface area contributed by atoms with Crippen LogP contribution in [0.1, 0.15) is 62.0 Å². The number of alkyl halides is 3. The Bertz CT molecular complexity index is 1900. The van der Waals surface area contributed by atoms with Gasteiger partial charge in [0.15, 0.2) is 5.78 Å². The van der Waals surface area contributed by atoms with Crippen LogP contribution in [0.2, 0.25) is 5.02 Å². The SMILES string of the molecule is Cn1nc2c3c(c(NC(=O)c4cc(F)cc(C(F)(F)F)c4)cc2c1C1=CC(=O)CC1)C(c1cc(F)ccc1Cl)NC3=O. The fourth-order valence-corrected chi connectivity index (χ4v) is 5.69. The third-order valence-corrected chi connectivity index (χ3v) is 7.59. The molecule has 0 radical (unpaired) electrons. The number of ketones is 1. The van der Waals surface area contributed by atoms with E-state index in [1.165, 1.54) is 22.9 Å². The zero-order chi connectivity index (χ0) is 30.1. The monoisotopic (exact) mass is 600 g/mol. The second-order valence-electron chi connectivity index (χ2n) is 9.97. The van der Waals surface area contributed by atoms with Crippen LogP contribution in [0, 0.1) is 11.6 Å². The van der Waals surface area contributed by atoms with Crippen LogP contribution in [0.3, 0.4) is 0 Å². The maximum atomic E-state index is 14.3. The number of carbonyl (C=O) groups is 3. The molecular formula is C29H18ClF5N4O3. The predicted octanol–water partition coefficient (Wildman–Crippen LogP) is 6.36. The molecule has 4 aromatic rings. The van der Waals surface area contributed by atoms with Crippen molar-refractivity contribution in [2.45, 2.75) is 25.1 Å². The maximum Gasteiger partial charge on any atom is 0.416 e. The van der Waals surface area contributed by atoms with Crippen LogP contribution >= 0.6 is 11.6 Å². The Balaban J connectivity index is 1.58. The molecule has 1 aromatic heterocycles. The van der Waals surface area contributed by atoms with Gasteiger partial charge in [-0.05, 0) is 60.5 Å². The molecule has 0 fully saturated rings. The summed E-state index contributed by atoms with van der Waals surface area (Å²) in [5.74, 6) is -3.74. The smallest absolute Gasteiger partial charge is 0.341 e. The Kier molecular flexibility index (Phi) is 6.41. The summed E-state index contributed by atoms with van der Waals surface area (Å²) in [6, 6.07) is 5.35. The third-order valence-electron chi connectivity index (χ3n) is 7.24. The van der Waals surface area contributed by atoms with Crippen molar-refractivity contribution in [3.63, 3.8) is 0 Å². The van der Waals surface area contributed by atoms with Crippen molar-refractivity contribution in [2.75, 3.05) is 5.32 Å². The standard InChI is InChI=1S/C29H18ClF5N4O3/c1-39-26(12-2-4-17(40)8-12)19-11-21(36-27(41)13-6-14(29(33,34)35)9-16(32)7-13)22-23(25(19)38-39)28(42)37-24(22)18-10-15(31)3-5-20(18)30/h3,5-11,24H,2,4H2,1H3,(H,36,41)(H,37,42). The van der Waals surface area contributed by atoms with Crippen LogP contribution in [0.4, 0.5) is 27.6 Å². The molecule has 214 valence electrons. The van der Waals surface area contributed by atoms with Crippen molar-refractivity contribution in [1.82, 2.24) is 15.1 Å². The van der Waals surface area contributed by atoms with E-state index in [0.717, 1.165) is 12.1 Å². The number of nitrogens with one attached hydrogen (secondary N) is 2. The second kappa shape index (κ2) is 9.76. The molecule has 0 bridgehead atoms. The number of aromatic nitrogens is 2. The molecule has 13 heteroatoms. The molecular weight excluding hydrogens is 583 g/mol. The molecule has 1 atom stereocenters. The van der Waals surface area contributed by atoms with Gasteiger partial charge in [-0.3, -0.25) is 19.1 Å². The van der Waals surface area contributed by atoms with E-state index in [2.05, 4.69) is 15.7 Å². The molecule has 42 heavy (non-hydrogen) atoms. The van der Waals surface area contributed by atoms with Gasteiger partial charge in [-0.25, -0.2) is 8.78 Å². The van der Waals surface area contributed by atoms with Crippen molar-refractivity contribution >= 4 is 51.4 Å². The quantitative estimate of drug-likeness (QED) is 0.267. The van der Waals surface area contributed by atoms with E-state index < -0.39 is 46.8 Å². The Morgan fingerprint density at radius 3 is 2.52 bits per heavy atom. The van der Waals surface area contributed by atoms with Crippen LogP contribution in [0.5, 0.6) is 0 Å². The molecule has 6 rings (SSSR count). The zero-order valence-electron chi connectivity index (χ0n) is 21.5. The first-order chi connectivity index (χ1) is 19.8. The first kappa shape index (κ1) is 27.6. The molecule has 2 N–H and O–H groups in total. The molecule has 3 aromatic carbocycles. The topological polar surface area (TPSA) is 93.1 Å². The highest BCUT2D eigenvalue weighted by Gasteiger charge is 2.38. The third kappa shape index (κ3) is 4.61. The summed E-state index contributed by atoms with van der Waals surface area (Å²) in [4.78, 5) is 38.7. The van der Waals surface area contributed by atoms with Crippen molar-refractivity contribution in [3.8, 4) is 0 Å². The Hall–Kier alpha value is -4.58. The van der Waals surface area contributed by atoms with Gasteiger partial charge in [-0.1, -0.05) is 11.6 Å². The van der Waals surface area contributed by atoms with Crippen LogP contribution in [-0.2, 0) is 18.0 Å². The largest absolute Gasteiger partial charge is 0.416 e. The molecule has 7 nitrogen and oxygen atoms in total. The van der Waals surface area contributed by atoms with Gasteiger partial charge >= 0.3 is 6.18 Å². The number of rotatable bonds is 4. The number of hydrogen-bond donors (Lipinski definition) is 2. The van der Waals surface area contributed by atoms with Crippen molar-refractivity contribution in [3.05, 3.63) is 98.7 Å². The lowest BCUT2D eigenvalue weighted by Crippen LogP contribution is -2.21. The number of amides is 2. The van der Waals surface area contributed by atoms with E-state index in [1.54, 1.807) is 7.05 Å². The first-order valence-electron chi connectivity index (χ1n) is 12.5. The summed E-state index contributed by atoms with van der Waals surface area (Å²) < 4.78 is 69.9. The minimum absolute atomic E-state index is 0.0233. The van der Waals surface area contributed by atoms with Crippen LogP contribution in [-0.4, -0.2) is 27.4 Å². The Morgan fingerprint density at radius 2 is 1.83 bits per heavy atom. The van der Waals surface area contributed by atoms with Crippen LogP contribution in [0.15, 0.2) is 48.5 Å². The number of benzene rings is 3. The average molecular weight is 601 g/mol. The summed E-state index contributed by atoms with van der Waals surface area (Å²) >= 11 is 6.36. The maximum absolute atomic E-state index is 14.3.